The van der Waals surface area contributed by atoms with E-state index in [9.17, 15) is 13.2 Å². The minimum Gasteiger partial charge on any atom is -0.313 e. The van der Waals surface area contributed by atoms with Crippen LogP contribution < -0.4 is 0 Å². The van der Waals surface area contributed by atoms with Gasteiger partial charge < -0.3 is 4.40 Å². The molecule has 0 amide bonds. The molecule has 1 aliphatic rings. The first kappa shape index (κ1) is 19.9. The van der Waals surface area contributed by atoms with Gasteiger partial charge in [-0.1, -0.05) is 32.0 Å². The van der Waals surface area contributed by atoms with Gasteiger partial charge in [-0.15, -0.1) is 0 Å². The highest BCUT2D eigenvalue weighted by atomic mass is 32.2. The molecule has 1 aliphatic heterocycles. The summed E-state index contributed by atoms with van der Waals surface area (Å²) in [5, 5.41) is 0. The Morgan fingerprint density at radius 2 is 1.72 bits per heavy atom. The monoisotopic (exact) mass is 410 g/mol. The van der Waals surface area contributed by atoms with E-state index in [2.05, 4.69) is 13.8 Å². The van der Waals surface area contributed by atoms with Crippen LogP contribution in [0.3, 0.4) is 0 Å². The molecule has 152 valence electrons. The van der Waals surface area contributed by atoms with Gasteiger partial charge in [0.1, 0.15) is 0 Å². The number of sulfonamides is 1. The number of hydrogen-bond donors (Lipinski definition) is 0. The fourth-order valence-electron chi connectivity index (χ4n) is 4.43. The Balaban J connectivity index is 1.72. The fourth-order valence-corrected chi connectivity index (χ4v) is 6.16. The number of aromatic nitrogens is 1. The summed E-state index contributed by atoms with van der Waals surface area (Å²) in [6.07, 6.45) is 2.89. The van der Waals surface area contributed by atoms with Crippen molar-refractivity contribution in [1.29, 1.82) is 0 Å². The lowest BCUT2D eigenvalue weighted by atomic mass is 9.94. The number of nitrogens with zero attached hydrogens (tertiary/aromatic N) is 2. The van der Waals surface area contributed by atoms with Crippen molar-refractivity contribution in [2.75, 3.05) is 13.1 Å². The summed E-state index contributed by atoms with van der Waals surface area (Å²) in [4.78, 5) is 13.5. The van der Waals surface area contributed by atoms with Gasteiger partial charge in [0.25, 0.3) is 0 Å². The molecule has 0 unspecified atom stereocenters. The minimum absolute atomic E-state index is 0.175. The molecule has 0 N–H and O–H groups in total. The van der Waals surface area contributed by atoms with E-state index in [4.69, 9.17) is 0 Å². The molecule has 0 spiro atoms. The lowest BCUT2D eigenvalue weighted by molar-refractivity contribution is 0.103. The molecule has 3 aromatic rings. The predicted octanol–water partition coefficient (Wildman–Crippen LogP) is 4.15. The molecule has 1 aromatic carbocycles. The van der Waals surface area contributed by atoms with Crippen molar-refractivity contribution in [3.05, 3.63) is 71.5 Å². The molecule has 1 saturated heterocycles. The van der Waals surface area contributed by atoms with Gasteiger partial charge in [0.15, 0.2) is 0 Å². The summed E-state index contributed by atoms with van der Waals surface area (Å²) in [6.45, 7) is 7.11. The first-order chi connectivity index (χ1) is 13.8. The molecule has 3 heterocycles. The second-order valence-electron chi connectivity index (χ2n) is 8.30. The molecule has 2 aromatic heterocycles. The Kier molecular flexibility index (Phi) is 5.09. The van der Waals surface area contributed by atoms with Crippen LogP contribution >= 0.6 is 0 Å². The number of hydrogen-bond acceptors (Lipinski definition) is 3. The number of pyridine rings is 1. The maximum Gasteiger partial charge on any atom is 0.243 e. The third-order valence-corrected chi connectivity index (χ3v) is 7.48. The SMILES string of the molecule is Cc1cc2ccccn2c1C(=O)c1cccc(S(=O)(=O)N2C[C@@H](C)C[C@H](C)C2)c1. The van der Waals surface area contributed by atoms with Gasteiger partial charge in [0, 0.05) is 30.4 Å². The topological polar surface area (TPSA) is 58.9 Å². The molecule has 6 heteroatoms. The molecule has 2 atom stereocenters. The average molecular weight is 411 g/mol. The van der Waals surface area contributed by atoms with Gasteiger partial charge in [-0.25, -0.2) is 8.42 Å². The van der Waals surface area contributed by atoms with Crippen LogP contribution in [0.5, 0.6) is 0 Å². The van der Waals surface area contributed by atoms with Gasteiger partial charge in [0.05, 0.1) is 10.6 Å². The maximum atomic E-state index is 13.3. The van der Waals surface area contributed by atoms with Crippen LogP contribution in [-0.4, -0.2) is 36.0 Å². The van der Waals surface area contributed by atoms with E-state index in [1.807, 2.05) is 41.8 Å². The number of fused-ring (bicyclic) bond motifs is 1. The van der Waals surface area contributed by atoms with E-state index in [1.165, 1.54) is 6.07 Å². The first-order valence-electron chi connectivity index (χ1n) is 9.99. The summed E-state index contributed by atoms with van der Waals surface area (Å²) in [5.41, 5.74) is 2.76. The van der Waals surface area contributed by atoms with Crippen LogP contribution in [0.1, 0.15) is 41.9 Å². The van der Waals surface area contributed by atoms with Crippen LogP contribution in [0, 0.1) is 18.8 Å². The van der Waals surface area contributed by atoms with Gasteiger partial charge in [-0.3, -0.25) is 4.79 Å². The lowest BCUT2D eigenvalue weighted by Crippen LogP contribution is -2.42. The molecule has 0 aliphatic carbocycles. The molecule has 0 saturated carbocycles. The number of aryl methyl sites for hydroxylation is 1. The molecule has 5 nitrogen and oxygen atoms in total. The Labute approximate surface area is 172 Å². The third-order valence-electron chi connectivity index (χ3n) is 5.65. The highest BCUT2D eigenvalue weighted by Crippen LogP contribution is 2.28. The van der Waals surface area contributed by atoms with Gasteiger partial charge in [-0.2, -0.15) is 4.31 Å². The molecular weight excluding hydrogens is 384 g/mol. The van der Waals surface area contributed by atoms with E-state index in [0.29, 0.717) is 36.2 Å². The van der Waals surface area contributed by atoms with Gasteiger partial charge >= 0.3 is 0 Å². The maximum absolute atomic E-state index is 13.3. The summed E-state index contributed by atoms with van der Waals surface area (Å²) in [7, 11) is -3.63. The number of piperidine rings is 1. The molecule has 4 rings (SSSR count). The van der Waals surface area contributed by atoms with Crippen molar-refractivity contribution >= 4 is 21.3 Å². The molecule has 0 bridgehead atoms. The van der Waals surface area contributed by atoms with Crippen molar-refractivity contribution in [3.8, 4) is 0 Å². The second-order valence-corrected chi connectivity index (χ2v) is 10.2. The van der Waals surface area contributed by atoms with E-state index in [1.54, 1.807) is 22.5 Å². The van der Waals surface area contributed by atoms with Crippen molar-refractivity contribution in [3.63, 3.8) is 0 Å². The average Bonchev–Trinajstić information content (AvgIpc) is 3.02. The van der Waals surface area contributed by atoms with Crippen LogP contribution in [0.2, 0.25) is 0 Å². The Morgan fingerprint density at radius 3 is 2.45 bits per heavy atom. The minimum atomic E-state index is -3.63. The van der Waals surface area contributed by atoms with Crippen molar-refractivity contribution in [2.45, 2.75) is 32.1 Å². The highest BCUT2D eigenvalue weighted by Gasteiger charge is 2.32. The van der Waals surface area contributed by atoms with Crippen molar-refractivity contribution in [1.82, 2.24) is 8.71 Å². The lowest BCUT2D eigenvalue weighted by Gasteiger charge is -2.34. The standard InChI is InChI=1S/C23H26N2O3S/c1-16-11-17(2)15-24(14-16)29(27,28)21-9-6-7-19(13-21)23(26)22-18(3)12-20-8-4-5-10-25(20)22/h4-10,12-13,16-17H,11,14-15H2,1-3H3/t16-,17-/m0/s1. The number of benzene rings is 1. The molecular formula is C23H26N2O3S. The van der Waals surface area contributed by atoms with Gasteiger partial charge in [-0.05, 0) is 61.1 Å². The number of carbonyl (C=O) groups is 1. The zero-order chi connectivity index (χ0) is 20.8. The molecule has 0 radical (unpaired) electrons. The Hall–Kier alpha value is -2.44. The Bertz CT molecular complexity index is 1170. The zero-order valence-electron chi connectivity index (χ0n) is 17.0. The number of carbonyl (C=O) groups excluding carboxylic acids is 1. The predicted molar refractivity (Wildman–Crippen MR) is 114 cm³/mol. The summed E-state index contributed by atoms with van der Waals surface area (Å²) in [6, 6.07) is 14.2. The fraction of sp³-hybridized carbons (Fsp3) is 0.348. The highest BCUT2D eigenvalue weighted by molar-refractivity contribution is 7.89. The van der Waals surface area contributed by atoms with Crippen molar-refractivity contribution < 1.29 is 13.2 Å². The number of ketones is 1. The quantitative estimate of drug-likeness (QED) is 0.607. The van der Waals surface area contributed by atoms with E-state index >= 15 is 0 Å². The van der Waals surface area contributed by atoms with Gasteiger partial charge in [0.2, 0.25) is 15.8 Å². The summed E-state index contributed by atoms with van der Waals surface area (Å²) < 4.78 is 29.9. The largest absolute Gasteiger partial charge is 0.313 e. The summed E-state index contributed by atoms with van der Waals surface area (Å²) >= 11 is 0. The number of rotatable bonds is 4. The van der Waals surface area contributed by atoms with Crippen LogP contribution in [0.4, 0.5) is 0 Å². The van der Waals surface area contributed by atoms with Crippen LogP contribution in [0.25, 0.3) is 5.52 Å². The first-order valence-corrected chi connectivity index (χ1v) is 11.4. The van der Waals surface area contributed by atoms with E-state index in [-0.39, 0.29) is 10.7 Å². The summed E-state index contributed by atoms with van der Waals surface area (Å²) in [5.74, 6) is 0.479. The zero-order valence-corrected chi connectivity index (χ0v) is 17.8. The van der Waals surface area contributed by atoms with Crippen LogP contribution in [0.15, 0.2) is 59.6 Å². The van der Waals surface area contributed by atoms with E-state index in [0.717, 1.165) is 17.5 Å². The molecule has 29 heavy (non-hydrogen) atoms. The smallest absolute Gasteiger partial charge is 0.243 e. The van der Waals surface area contributed by atoms with Crippen molar-refractivity contribution in [2.24, 2.45) is 11.8 Å². The van der Waals surface area contributed by atoms with E-state index < -0.39 is 10.0 Å². The Morgan fingerprint density at radius 1 is 1.00 bits per heavy atom. The van der Waals surface area contributed by atoms with Crippen LogP contribution in [-0.2, 0) is 10.0 Å². The second kappa shape index (κ2) is 7.43. The third kappa shape index (κ3) is 3.63. The molecule has 1 fully saturated rings. The normalized spacial score (nSPS) is 20.8.